The summed E-state index contributed by atoms with van der Waals surface area (Å²) in [6, 6.07) is -0.197. The second kappa shape index (κ2) is 5.07. The average molecular weight is 252 g/mol. The molecule has 1 fully saturated rings. The first-order chi connectivity index (χ1) is 8.54. The summed E-state index contributed by atoms with van der Waals surface area (Å²) in [6.07, 6.45) is 5.31. The molecular formula is C11H16N4O3. The van der Waals surface area contributed by atoms with Crippen molar-refractivity contribution >= 4 is 17.7 Å². The number of carboxylic acid groups (broad SMARTS) is 1. The largest absolute Gasteiger partial charge is 0.480 e. The van der Waals surface area contributed by atoms with Gasteiger partial charge in [-0.2, -0.15) is 5.10 Å². The molecule has 1 aliphatic rings. The van der Waals surface area contributed by atoms with Crippen LogP contribution in [0.25, 0.3) is 0 Å². The molecule has 2 rings (SSSR count). The molecule has 1 aromatic heterocycles. The third kappa shape index (κ3) is 3.47. The van der Waals surface area contributed by atoms with Crippen LogP contribution >= 0.6 is 0 Å². The van der Waals surface area contributed by atoms with Gasteiger partial charge < -0.3 is 15.3 Å². The lowest BCUT2D eigenvalue weighted by atomic mass is 10.4. The van der Waals surface area contributed by atoms with Crippen molar-refractivity contribution in [1.29, 1.82) is 0 Å². The van der Waals surface area contributed by atoms with E-state index < -0.39 is 5.97 Å². The summed E-state index contributed by atoms with van der Waals surface area (Å²) in [6.45, 7) is 0.545. The molecule has 0 saturated heterocycles. The van der Waals surface area contributed by atoms with Gasteiger partial charge in [-0.25, -0.2) is 4.79 Å². The summed E-state index contributed by atoms with van der Waals surface area (Å²) in [4.78, 5) is 23.9. The molecule has 1 aliphatic carbocycles. The molecule has 0 radical (unpaired) electrons. The topological polar surface area (TPSA) is 87.5 Å². The van der Waals surface area contributed by atoms with E-state index in [1.807, 2.05) is 0 Å². The molecule has 0 aliphatic heterocycles. The van der Waals surface area contributed by atoms with E-state index >= 15 is 0 Å². The predicted octanol–water partition coefficient (Wildman–Crippen LogP) is 0.841. The number of urea groups is 1. The second-order valence-electron chi connectivity index (χ2n) is 4.57. The lowest BCUT2D eigenvalue weighted by Gasteiger charge is -2.16. The van der Waals surface area contributed by atoms with E-state index in [0.29, 0.717) is 11.6 Å². The number of carboxylic acids is 1. The summed E-state index contributed by atoms with van der Waals surface area (Å²) < 4.78 is 1.26. The molecular weight excluding hydrogens is 236 g/mol. The van der Waals surface area contributed by atoms with Gasteiger partial charge in [0.05, 0.1) is 11.9 Å². The first kappa shape index (κ1) is 12.4. The fourth-order valence-electron chi connectivity index (χ4n) is 1.64. The SMILES string of the molecule is CN(CC1CC1)C(=O)Nc1cnn(CC(=O)O)c1. The molecule has 1 aromatic rings. The van der Waals surface area contributed by atoms with E-state index in [9.17, 15) is 9.59 Å². The van der Waals surface area contributed by atoms with Crippen LogP contribution in [0.15, 0.2) is 12.4 Å². The van der Waals surface area contributed by atoms with Crippen molar-refractivity contribution in [3.05, 3.63) is 12.4 Å². The zero-order valence-corrected chi connectivity index (χ0v) is 10.2. The molecule has 98 valence electrons. The number of hydrogen-bond donors (Lipinski definition) is 2. The maximum absolute atomic E-state index is 11.8. The van der Waals surface area contributed by atoms with Gasteiger partial charge in [-0.05, 0) is 18.8 Å². The smallest absolute Gasteiger partial charge is 0.325 e. The summed E-state index contributed by atoms with van der Waals surface area (Å²) >= 11 is 0. The summed E-state index contributed by atoms with van der Waals surface area (Å²) in [7, 11) is 1.75. The molecule has 0 aromatic carbocycles. The van der Waals surface area contributed by atoms with Gasteiger partial charge in [0.1, 0.15) is 6.54 Å². The van der Waals surface area contributed by atoms with E-state index in [4.69, 9.17) is 5.11 Å². The van der Waals surface area contributed by atoms with Crippen LogP contribution in [-0.4, -0.2) is 45.4 Å². The number of anilines is 1. The lowest BCUT2D eigenvalue weighted by molar-refractivity contribution is -0.137. The molecule has 0 atom stereocenters. The number of amides is 2. The van der Waals surface area contributed by atoms with Crippen LogP contribution in [-0.2, 0) is 11.3 Å². The van der Waals surface area contributed by atoms with Gasteiger partial charge in [0, 0.05) is 19.8 Å². The zero-order chi connectivity index (χ0) is 13.1. The normalized spacial score (nSPS) is 14.3. The Bertz CT molecular complexity index is 453. The number of nitrogens with zero attached hydrogens (tertiary/aromatic N) is 3. The minimum atomic E-state index is -0.971. The molecule has 7 nitrogen and oxygen atoms in total. The number of hydrogen-bond acceptors (Lipinski definition) is 3. The van der Waals surface area contributed by atoms with Crippen LogP contribution in [0.4, 0.5) is 10.5 Å². The number of rotatable bonds is 5. The van der Waals surface area contributed by atoms with Crippen molar-refractivity contribution in [3.63, 3.8) is 0 Å². The summed E-state index contributed by atoms with van der Waals surface area (Å²) in [5, 5.41) is 15.1. The van der Waals surface area contributed by atoms with E-state index in [1.54, 1.807) is 11.9 Å². The van der Waals surface area contributed by atoms with Gasteiger partial charge in [-0.3, -0.25) is 9.48 Å². The van der Waals surface area contributed by atoms with Crippen molar-refractivity contribution < 1.29 is 14.7 Å². The molecule has 2 N–H and O–H groups in total. The van der Waals surface area contributed by atoms with Gasteiger partial charge in [0.2, 0.25) is 0 Å². The predicted molar refractivity (Wildman–Crippen MR) is 64.2 cm³/mol. The maximum Gasteiger partial charge on any atom is 0.325 e. The fourth-order valence-corrected chi connectivity index (χ4v) is 1.64. The standard InChI is InChI=1S/C11H16N4O3/c1-14(5-8-2-3-8)11(18)13-9-4-12-15(6-9)7-10(16)17/h4,6,8H,2-3,5,7H2,1H3,(H,13,18)(H,16,17). The number of carbonyl (C=O) groups excluding carboxylic acids is 1. The van der Waals surface area contributed by atoms with Crippen molar-refractivity contribution in [2.75, 3.05) is 18.9 Å². The minimum Gasteiger partial charge on any atom is -0.480 e. The Hall–Kier alpha value is -2.05. The highest BCUT2D eigenvalue weighted by molar-refractivity contribution is 5.88. The summed E-state index contributed by atoms with van der Waals surface area (Å²) in [5.41, 5.74) is 0.504. The molecule has 18 heavy (non-hydrogen) atoms. The number of carbonyl (C=O) groups is 2. The van der Waals surface area contributed by atoms with Gasteiger partial charge in [-0.1, -0.05) is 0 Å². The molecule has 0 unspecified atom stereocenters. The summed E-state index contributed by atoms with van der Waals surface area (Å²) in [5.74, 6) is -0.336. The molecule has 7 heteroatoms. The Morgan fingerprint density at radius 1 is 1.61 bits per heavy atom. The van der Waals surface area contributed by atoms with Crippen LogP contribution in [0.5, 0.6) is 0 Å². The first-order valence-corrected chi connectivity index (χ1v) is 5.81. The Morgan fingerprint density at radius 3 is 2.94 bits per heavy atom. The average Bonchev–Trinajstić information content (AvgIpc) is 2.99. The van der Waals surface area contributed by atoms with Gasteiger partial charge in [0.25, 0.3) is 0 Å². The van der Waals surface area contributed by atoms with Gasteiger partial charge in [0.15, 0.2) is 0 Å². The minimum absolute atomic E-state index is 0.197. The Labute approximate surface area is 104 Å². The van der Waals surface area contributed by atoms with Crippen molar-refractivity contribution in [3.8, 4) is 0 Å². The number of nitrogens with one attached hydrogen (secondary N) is 1. The van der Waals surface area contributed by atoms with Crippen LogP contribution in [0.3, 0.4) is 0 Å². The highest BCUT2D eigenvalue weighted by Gasteiger charge is 2.24. The van der Waals surface area contributed by atoms with E-state index in [1.165, 1.54) is 29.9 Å². The number of aliphatic carboxylic acids is 1. The quantitative estimate of drug-likeness (QED) is 0.813. The maximum atomic E-state index is 11.8. The van der Waals surface area contributed by atoms with Crippen LogP contribution in [0.2, 0.25) is 0 Å². The number of aromatic nitrogens is 2. The third-order valence-electron chi connectivity index (χ3n) is 2.76. The zero-order valence-electron chi connectivity index (χ0n) is 10.2. The molecule has 1 saturated carbocycles. The molecule has 0 bridgehead atoms. The Morgan fingerprint density at radius 2 is 2.33 bits per heavy atom. The third-order valence-corrected chi connectivity index (χ3v) is 2.76. The molecule has 1 heterocycles. The molecule has 2 amide bonds. The van der Waals surface area contributed by atoms with E-state index in [0.717, 1.165) is 6.54 Å². The lowest BCUT2D eigenvalue weighted by Crippen LogP contribution is -2.32. The fraction of sp³-hybridized carbons (Fsp3) is 0.545. The van der Waals surface area contributed by atoms with Crippen LogP contribution in [0, 0.1) is 5.92 Å². The van der Waals surface area contributed by atoms with Crippen molar-refractivity contribution in [2.45, 2.75) is 19.4 Å². The van der Waals surface area contributed by atoms with Crippen LogP contribution in [0.1, 0.15) is 12.8 Å². The Balaban J connectivity index is 1.85. The monoisotopic (exact) mass is 252 g/mol. The van der Waals surface area contributed by atoms with Crippen LogP contribution < -0.4 is 5.32 Å². The van der Waals surface area contributed by atoms with E-state index in [-0.39, 0.29) is 12.6 Å². The Kier molecular flexibility index (Phi) is 3.50. The van der Waals surface area contributed by atoms with Gasteiger partial charge >= 0.3 is 12.0 Å². The van der Waals surface area contributed by atoms with E-state index in [2.05, 4.69) is 10.4 Å². The highest BCUT2D eigenvalue weighted by atomic mass is 16.4. The highest BCUT2D eigenvalue weighted by Crippen LogP contribution is 2.29. The first-order valence-electron chi connectivity index (χ1n) is 5.81. The molecule has 0 spiro atoms. The van der Waals surface area contributed by atoms with Crippen molar-refractivity contribution in [2.24, 2.45) is 5.92 Å². The second-order valence-corrected chi connectivity index (χ2v) is 4.57. The van der Waals surface area contributed by atoms with Crippen molar-refractivity contribution in [1.82, 2.24) is 14.7 Å². The van der Waals surface area contributed by atoms with Gasteiger partial charge in [-0.15, -0.1) is 0 Å².